The van der Waals surface area contributed by atoms with Gasteiger partial charge in [0, 0.05) is 18.3 Å². The molecule has 0 fully saturated rings. The van der Waals surface area contributed by atoms with E-state index in [1.807, 2.05) is 31.2 Å². The van der Waals surface area contributed by atoms with Crippen molar-refractivity contribution < 1.29 is 23.1 Å². The van der Waals surface area contributed by atoms with Crippen molar-refractivity contribution in [3.63, 3.8) is 0 Å². The van der Waals surface area contributed by atoms with Crippen molar-refractivity contribution in [2.24, 2.45) is 0 Å². The molecule has 0 aliphatic carbocycles. The van der Waals surface area contributed by atoms with Crippen molar-refractivity contribution in [3.05, 3.63) is 59.7 Å². The summed E-state index contributed by atoms with van der Waals surface area (Å²) in [6, 6.07) is 10.7. The number of hydrogen-bond donors (Lipinski definition) is 2. The number of benzene rings is 2. The Morgan fingerprint density at radius 2 is 1.86 bits per heavy atom. The summed E-state index contributed by atoms with van der Waals surface area (Å²) < 4.78 is 31.6. The molecule has 2 N–H and O–H groups in total. The van der Waals surface area contributed by atoms with Gasteiger partial charge in [0.15, 0.2) is 11.6 Å². The summed E-state index contributed by atoms with van der Waals surface area (Å²) in [4.78, 5) is 25.4. The second-order valence-corrected chi connectivity index (χ2v) is 6.36. The zero-order chi connectivity index (χ0) is 20.5. The average Bonchev–Trinajstić information content (AvgIpc) is 2.63. The van der Waals surface area contributed by atoms with E-state index >= 15 is 0 Å². The maximum absolute atomic E-state index is 13.1. The fraction of sp³-hybridized carbons (Fsp3) is 0.300. The molecule has 8 heteroatoms. The fourth-order valence-corrected chi connectivity index (χ4v) is 2.36. The molecular formula is C20H23F2N3O3. The van der Waals surface area contributed by atoms with E-state index in [9.17, 15) is 18.4 Å². The predicted octanol–water partition coefficient (Wildman–Crippen LogP) is 2.34. The summed E-state index contributed by atoms with van der Waals surface area (Å²) in [5.41, 5.74) is 1.22. The van der Waals surface area contributed by atoms with Gasteiger partial charge in [-0.1, -0.05) is 12.1 Å². The molecule has 0 radical (unpaired) electrons. The molecule has 0 aromatic heterocycles. The van der Waals surface area contributed by atoms with Crippen molar-refractivity contribution >= 4 is 17.5 Å². The van der Waals surface area contributed by atoms with Gasteiger partial charge < -0.3 is 15.4 Å². The molecule has 0 saturated heterocycles. The Morgan fingerprint density at radius 1 is 1.07 bits per heavy atom. The zero-order valence-corrected chi connectivity index (χ0v) is 15.8. The predicted molar refractivity (Wildman–Crippen MR) is 102 cm³/mol. The molecule has 2 rings (SSSR count). The van der Waals surface area contributed by atoms with E-state index in [1.165, 1.54) is 6.07 Å². The third-order valence-electron chi connectivity index (χ3n) is 3.79. The number of likely N-dealkylation sites (N-methyl/N-ethyl adjacent to an activating group) is 1. The SMILES string of the molecule is Cc1cccc(OCCN(C)CC(=O)NCC(=O)Nc2ccc(F)c(F)c2)c1. The lowest BCUT2D eigenvalue weighted by Crippen LogP contribution is -2.40. The number of aryl methyl sites for hydroxylation is 1. The minimum absolute atomic E-state index is 0.0929. The van der Waals surface area contributed by atoms with Crippen LogP contribution < -0.4 is 15.4 Å². The lowest BCUT2D eigenvalue weighted by atomic mass is 10.2. The molecule has 28 heavy (non-hydrogen) atoms. The Bertz CT molecular complexity index is 830. The molecule has 2 amide bonds. The molecular weight excluding hydrogens is 368 g/mol. The first-order chi connectivity index (χ1) is 13.3. The van der Waals surface area contributed by atoms with Gasteiger partial charge in [-0.05, 0) is 43.8 Å². The highest BCUT2D eigenvalue weighted by atomic mass is 19.2. The molecule has 2 aromatic carbocycles. The minimum atomic E-state index is -1.06. The summed E-state index contributed by atoms with van der Waals surface area (Å²) >= 11 is 0. The standard InChI is InChI=1S/C20H23F2N3O3/c1-14-4-3-5-16(10-14)28-9-8-25(2)13-20(27)23-12-19(26)24-15-6-7-17(21)18(22)11-15/h3-7,10-11H,8-9,12-13H2,1-2H3,(H,23,27)(H,24,26). The largest absolute Gasteiger partial charge is 0.492 e. The molecule has 0 aliphatic rings. The first-order valence-corrected chi connectivity index (χ1v) is 8.73. The van der Waals surface area contributed by atoms with Crippen LogP contribution >= 0.6 is 0 Å². The number of carbonyl (C=O) groups is 2. The van der Waals surface area contributed by atoms with E-state index in [-0.39, 0.29) is 24.7 Å². The normalized spacial score (nSPS) is 10.6. The Kier molecular flexibility index (Phi) is 7.88. The van der Waals surface area contributed by atoms with Crippen LogP contribution in [0.2, 0.25) is 0 Å². The van der Waals surface area contributed by atoms with Crippen molar-refractivity contribution in [1.29, 1.82) is 0 Å². The number of halogens is 2. The number of hydrogen-bond acceptors (Lipinski definition) is 4. The fourth-order valence-electron chi connectivity index (χ4n) is 2.36. The highest BCUT2D eigenvalue weighted by Crippen LogP contribution is 2.13. The van der Waals surface area contributed by atoms with Crippen LogP contribution in [-0.4, -0.2) is 50.0 Å². The quantitative estimate of drug-likeness (QED) is 0.688. The summed E-state index contributed by atoms with van der Waals surface area (Å²) in [5, 5.41) is 4.86. The topological polar surface area (TPSA) is 70.7 Å². The van der Waals surface area contributed by atoms with E-state index < -0.39 is 17.5 Å². The summed E-state index contributed by atoms with van der Waals surface area (Å²) in [7, 11) is 1.76. The Labute approximate surface area is 162 Å². The molecule has 0 heterocycles. The van der Waals surface area contributed by atoms with Crippen LogP contribution in [0.25, 0.3) is 0 Å². The average molecular weight is 391 g/mol. The van der Waals surface area contributed by atoms with Gasteiger partial charge >= 0.3 is 0 Å². The second kappa shape index (κ2) is 10.4. The third-order valence-corrected chi connectivity index (χ3v) is 3.79. The van der Waals surface area contributed by atoms with Gasteiger partial charge in [-0.15, -0.1) is 0 Å². The van der Waals surface area contributed by atoms with E-state index in [0.29, 0.717) is 13.2 Å². The molecule has 0 saturated carbocycles. The van der Waals surface area contributed by atoms with Gasteiger partial charge in [0.05, 0.1) is 13.1 Å². The van der Waals surface area contributed by atoms with Crippen LogP contribution in [0.15, 0.2) is 42.5 Å². The van der Waals surface area contributed by atoms with E-state index in [4.69, 9.17) is 4.74 Å². The first-order valence-electron chi connectivity index (χ1n) is 8.73. The molecule has 2 aromatic rings. The number of rotatable bonds is 9. The molecule has 0 bridgehead atoms. The maximum Gasteiger partial charge on any atom is 0.243 e. The number of nitrogens with zero attached hydrogens (tertiary/aromatic N) is 1. The number of amides is 2. The summed E-state index contributed by atoms with van der Waals surface area (Å²) in [6.07, 6.45) is 0. The van der Waals surface area contributed by atoms with Crippen LogP contribution in [0.3, 0.4) is 0 Å². The molecule has 0 aliphatic heterocycles. The van der Waals surface area contributed by atoms with E-state index in [0.717, 1.165) is 23.4 Å². The molecule has 0 atom stereocenters. The number of anilines is 1. The maximum atomic E-state index is 13.1. The molecule has 150 valence electrons. The Hall–Kier alpha value is -3.00. The smallest absolute Gasteiger partial charge is 0.243 e. The van der Waals surface area contributed by atoms with E-state index in [2.05, 4.69) is 10.6 Å². The van der Waals surface area contributed by atoms with Crippen molar-refractivity contribution in [3.8, 4) is 5.75 Å². The Morgan fingerprint density at radius 3 is 2.57 bits per heavy atom. The second-order valence-electron chi connectivity index (χ2n) is 6.36. The van der Waals surface area contributed by atoms with E-state index in [1.54, 1.807) is 11.9 Å². The van der Waals surface area contributed by atoms with Gasteiger partial charge in [0.2, 0.25) is 11.8 Å². The van der Waals surface area contributed by atoms with Crippen LogP contribution in [0, 0.1) is 18.6 Å². The lowest BCUT2D eigenvalue weighted by molar-refractivity contribution is -0.124. The van der Waals surface area contributed by atoms with Crippen LogP contribution in [0.4, 0.5) is 14.5 Å². The molecule has 0 spiro atoms. The Balaban J connectivity index is 1.65. The van der Waals surface area contributed by atoms with Gasteiger partial charge in [-0.25, -0.2) is 8.78 Å². The number of nitrogens with one attached hydrogen (secondary N) is 2. The lowest BCUT2D eigenvalue weighted by Gasteiger charge is -2.16. The monoisotopic (exact) mass is 391 g/mol. The first kappa shape index (κ1) is 21.3. The van der Waals surface area contributed by atoms with Crippen molar-refractivity contribution in [2.45, 2.75) is 6.92 Å². The third kappa shape index (κ3) is 7.32. The number of carbonyl (C=O) groups excluding carboxylic acids is 2. The van der Waals surface area contributed by atoms with Crippen LogP contribution in [0.5, 0.6) is 5.75 Å². The van der Waals surface area contributed by atoms with Gasteiger partial charge in [0.1, 0.15) is 12.4 Å². The number of ether oxygens (including phenoxy) is 1. The van der Waals surface area contributed by atoms with Gasteiger partial charge in [-0.2, -0.15) is 0 Å². The summed E-state index contributed by atoms with van der Waals surface area (Å²) in [6.45, 7) is 2.75. The van der Waals surface area contributed by atoms with Gasteiger partial charge in [0.25, 0.3) is 0 Å². The van der Waals surface area contributed by atoms with Crippen LogP contribution in [-0.2, 0) is 9.59 Å². The highest BCUT2D eigenvalue weighted by molar-refractivity contribution is 5.94. The molecule has 0 unspecified atom stereocenters. The van der Waals surface area contributed by atoms with Crippen molar-refractivity contribution in [1.82, 2.24) is 10.2 Å². The van der Waals surface area contributed by atoms with Crippen molar-refractivity contribution in [2.75, 3.05) is 38.6 Å². The van der Waals surface area contributed by atoms with Gasteiger partial charge in [-0.3, -0.25) is 14.5 Å². The molecule has 6 nitrogen and oxygen atoms in total. The van der Waals surface area contributed by atoms with Crippen LogP contribution in [0.1, 0.15) is 5.56 Å². The summed E-state index contributed by atoms with van der Waals surface area (Å²) in [5.74, 6) is -2.16. The minimum Gasteiger partial charge on any atom is -0.492 e. The highest BCUT2D eigenvalue weighted by Gasteiger charge is 2.10. The zero-order valence-electron chi connectivity index (χ0n) is 15.8.